The van der Waals surface area contributed by atoms with Crippen LogP contribution in [0.15, 0.2) is 24.8 Å². The summed E-state index contributed by atoms with van der Waals surface area (Å²) in [6, 6.07) is 3.42. The molecule has 0 heterocycles. The molecule has 1 N–H and O–H groups in total. The monoisotopic (exact) mass is 480 g/mol. The standard InChI is InChI=1S/C16H20O3.C13H16O3/c1-6-8-19-14-9-13(7-2)10(3)15(11(4)17)16(14)12(5)18;1-5-10-6-11(16)13(9(4)15)12(7(10)2)8(3)14/h6,9H,1,7-8H2,2-5H3;6,16H,5H2,1-4H3. The summed E-state index contributed by atoms with van der Waals surface area (Å²) in [4.78, 5) is 46.7. The summed E-state index contributed by atoms with van der Waals surface area (Å²) < 4.78 is 5.54. The minimum atomic E-state index is -0.284. The molecular weight excluding hydrogens is 444 g/mol. The van der Waals surface area contributed by atoms with Gasteiger partial charge in [-0.15, -0.1) is 0 Å². The molecule has 35 heavy (non-hydrogen) atoms. The Hall–Kier alpha value is -3.54. The van der Waals surface area contributed by atoms with Gasteiger partial charge < -0.3 is 9.84 Å². The molecule has 0 aliphatic carbocycles. The molecule has 6 nitrogen and oxygen atoms in total. The molecule has 0 unspecified atom stereocenters. The SMILES string of the molecule is C=CCOc1cc(CC)c(C)c(C(C)=O)c1C(C)=O.CCc1cc(O)c(C(C)=O)c(C(C)=O)c1C. The third-order valence-electron chi connectivity index (χ3n) is 5.86. The molecule has 0 fully saturated rings. The molecule has 0 aliphatic rings. The van der Waals surface area contributed by atoms with Crippen LogP contribution in [0.2, 0.25) is 0 Å². The van der Waals surface area contributed by atoms with Crippen molar-refractivity contribution in [1.29, 1.82) is 0 Å². The zero-order valence-electron chi connectivity index (χ0n) is 22.0. The number of carbonyl (C=O) groups excluding carboxylic acids is 4. The molecule has 0 saturated carbocycles. The lowest BCUT2D eigenvalue weighted by Crippen LogP contribution is -2.12. The van der Waals surface area contributed by atoms with Crippen LogP contribution in [0.4, 0.5) is 0 Å². The van der Waals surface area contributed by atoms with Crippen molar-refractivity contribution >= 4 is 23.1 Å². The Kier molecular flexibility index (Phi) is 10.8. The highest BCUT2D eigenvalue weighted by molar-refractivity contribution is 6.11. The largest absolute Gasteiger partial charge is 0.507 e. The normalized spacial score (nSPS) is 10.2. The summed E-state index contributed by atoms with van der Waals surface area (Å²) in [7, 11) is 0. The first kappa shape index (κ1) is 29.5. The van der Waals surface area contributed by atoms with E-state index in [2.05, 4.69) is 6.58 Å². The molecule has 2 aromatic rings. The first-order chi connectivity index (χ1) is 16.3. The van der Waals surface area contributed by atoms with Crippen molar-refractivity contribution < 1.29 is 29.0 Å². The number of carbonyl (C=O) groups is 4. The van der Waals surface area contributed by atoms with Crippen LogP contribution in [0.5, 0.6) is 11.5 Å². The average Bonchev–Trinajstić information content (AvgIpc) is 2.78. The molecular formula is C29H36O6. The highest BCUT2D eigenvalue weighted by Crippen LogP contribution is 2.31. The first-order valence-corrected chi connectivity index (χ1v) is 11.6. The Labute approximate surface area is 208 Å². The second-order valence-electron chi connectivity index (χ2n) is 8.37. The number of benzene rings is 2. The van der Waals surface area contributed by atoms with E-state index >= 15 is 0 Å². The van der Waals surface area contributed by atoms with Gasteiger partial charge in [-0.3, -0.25) is 19.2 Å². The lowest BCUT2D eigenvalue weighted by Gasteiger charge is -2.17. The van der Waals surface area contributed by atoms with Crippen molar-refractivity contribution in [3.63, 3.8) is 0 Å². The lowest BCUT2D eigenvalue weighted by atomic mass is 9.91. The molecule has 0 radical (unpaired) electrons. The van der Waals surface area contributed by atoms with Crippen LogP contribution in [0.25, 0.3) is 0 Å². The van der Waals surface area contributed by atoms with Crippen LogP contribution in [-0.2, 0) is 12.8 Å². The van der Waals surface area contributed by atoms with Gasteiger partial charge in [-0.2, -0.15) is 0 Å². The van der Waals surface area contributed by atoms with Crippen LogP contribution >= 0.6 is 0 Å². The molecule has 0 saturated heterocycles. The van der Waals surface area contributed by atoms with Crippen LogP contribution in [-0.4, -0.2) is 34.8 Å². The number of phenols is 1. The maximum atomic E-state index is 11.9. The highest BCUT2D eigenvalue weighted by Gasteiger charge is 2.22. The number of Topliss-reactive ketones (excluding diaryl/α,β-unsaturated/α-hetero) is 4. The molecule has 0 amide bonds. The molecule has 0 atom stereocenters. The van der Waals surface area contributed by atoms with Crippen molar-refractivity contribution in [3.05, 3.63) is 69.3 Å². The Morgan fingerprint density at radius 3 is 1.54 bits per heavy atom. The number of aryl methyl sites for hydroxylation is 2. The van der Waals surface area contributed by atoms with E-state index in [0.717, 1.165) is 35.1 Å². The van der Waals surface area contributed by atoms with Crippen LogP contribution in [0.3, 0.4) is 0 Å². The maximum absolute atomic E-state index is 11.9. The fourth-order valence-corrected chi connectivity index (χ4v) is 4.21. The van der Waals surface area contributed by atoms with E-state index in [4.69, 9.17) is 4.74 Å². The minimum absolute atomic E-state index is 0.0971. The van der Waals surface area contributed by atoms with E-state index in [0.29, 0.717) is 29.0 Å². The van der Waals surface area contributed by atoms with Gasteiger partial charge in [0.2, 0.25) is 0 Å². The first-order valence-electron chi connectivity index (χ1n) is 11.6. The lowest BCUT2D eigenvalue weighted by molar-refractivity contribution is 0.0977. The predicted molar refractivity (Wildman–Crippen MR) is 138 cm³/mol. The number of aromatic hydroxyl groups is 1. The van der Waals surface area contributed by atoms with Crippen molar-refractivity contribution in [1.82, 2.24) is 0 Å². The van der Waals surface area contributed by atoms with Crippen LogP contribution < -0.4 is 4.74 Å². The van der Waals surface area contributed by atoms with E-state index < -0.39 is 0 Å². The zero-order valence-corrected chi connectivity index (χ0v) is 22.0. The van der Waals surface area contributed by atoms with Gasteiger partial charge in [0.05, 0.1) is 11.1 Å². The summed E-state index contributed by atoms with van der Waals surface area (Å²) in [5.74, 6) is -0.363. The second kappa shape index (κ2) is 12.8. The van der Waals surface area contributed by atoms with Gasteiger partial charge in [-0.1, -0.05) is 26.5 Å². The number of phenolic OH excluding ortho intramolecular Hbond substituents is 1. The number of ether oxygens (including phenoxy) is 1. The van der Waals surface area contributed by atoms with Gasteiger partial charge in [0.15, 0.2) is 23.1 Å². The highest BCUT2D eigenvalue weighted by atomic mass is 16.5. The quantitative estimate of drug-likeness (QED) is 0.339. The van der Waals surface area contributed by atoms with E-state index in [9.17, 15) is 24.3 Å². The van der Waals surface area contributed by atoms with Crippen molar-refractivity contribution in [2.45, 2.75) is 68.2 Å². The van der Waals surface area contributed by atoms with Gasteiger partial charge in [-0.05, 0) is 88.8 Å². The van der Waals surface area contributed by atoms with Gasteiger partial charge in [0, 0.05) is 11.1 Å². The fourth-order valence-electron chi connectivity index (χ4n) is 4.21. The Morgan fingerprint density at radius 1 is 0.771 bits per heavy atom. The second-order valence-corrected chi connectivity index (χ2v) is 8.37. The zero-order chi connectivity index (χ0) is 27.0. The van der Waals surface area contributed by atoms with Crippen molar-refractivity contribution in [3.8, 4) is 11.5 Å². The molecule has 0 aromatic heterocycles. The fraction of sp³-hybridized carbons (Fsp3) is 0.379. The van der Waals surface area contributed by atoms with Crippen molar-refractivity contribution in [2.75, 3.05) is 6.61 Å². The molecule has 2 aromatic carbocycles. The molecule has 0 spiro atoms. The van der Waals surface area contributed by atoms with Gasteiger partial charge in [-0.25, -0.2) is 0 Å². The minimum Gasteiger partial charge on any atom is -0.507 e. The van der Waals surface area contributed by atoms with Gasteiger partial charge >= 0.3 is 0 Å². The summed E-state index contributed by atoms with van der Waals surface area (Å²) in [5, 5.41) is 9.77. The van der Waals surface area contributed by atoms with E-state index in [1.165, 1.54) is 27.7 Å². The Balaban J connectivity index is 0.000000355. The Bertz CT molecular complexity index is 1170. The number of hydrogen-bond acceptors (Lipinski definition) is 6. The Morgan fingerprint density at radius 2 is 1.17 bits per heavy atom. The molecule has 0 aliphatic heterocycles. The third-order valence-corrected chi connectivity index (χ3v) is 5.86. The maximum Gasteiger partial charge on any atom is 0.164 e. The third kappa shape index (κ3) is 6.75. The van der Waals surface area contributed by atoms with Gasteiger partial charge in [0.1, 0.15) is 18.1 Å². The van der Waals surface area contributed by atoms with E-state index in [1.807, 2.05) is 26.8 Å². The van der Waals surface area contributed by atoms with E-state index in [-0.39, 0.29) is 34.4 Å². The summed E-state index contributed by atoms with van der Waals surface area (Å²) in [5.41, 5.74) is 4.92. The number of rotatable bonds is 9. The van der Waals surface area contributed by atoms with Gasteiger partial charge in [0.25, 0.3) is 0 Å². The number of ketones is 4. The molecule has 188 valence electrons. The molecule has 2 rings (SSSR count). The summed E-state index contributed by atoms with van der Waals surface area (Å²) >= 11 is 0. The van der Waals surface area contributed by atoms with Crippen LogP contribution in [0, 0.1) is 13.8 Å². The predicted octanol–water partition coefficient (Wildman–Crippen LogP) is 6.20. The summed E-state index contributed by atoms with van der Waals surface area (Å²) in [6.07, 6.45) is 3.12. The van der Waals surface area contributed by atoms with E-state index in [1.54, 1.807) is 19.1 Å². The van der Waals surface area contributed by atoms with Crippen molar-refractivity contribution in [2.24, 2.45) is 0 Å². The number of hydrogen-bond donors (Lipinski definition) is 1. The molecule has 0 bridgehead atoms. The molecule has 6 heteroatoms. The topological polar surface area (TPSA) is 97.7 Å². The smallest absolute Gasteiger partial charge is 0.164 e. The average molecular weight is 481 g/mol. The van der Waals surface area contributed by atoms with Crippen LogP contribution in [0.1, 0.15) is 105 Å². The summed E-state index contributed by atoms with van der Waals surface area (Å²) in [6.45, 7) is 17.2.